The van der Waals surface area contributed by atoms with Crippen molar-refractivity contribution in [2.75, 3.05) is 5.32 Å². The van der Waals surface area contributed by atoms with Crippen molar-refractivity contribution in [1.82, 2.24) is 14.6 Å². The lowest BCUT2D eigenvalue weighted by atomic mass is 10.1. The van der Waals surface area contributed by atoms with Crippen molar-refractivity contribution < 1.29 is 9.18 Å². The van der Waals surface area contributed by atoms with E-state index in [0.29, 0.717) is 16.8 Å². The van der Waals surface area contributed by atoms with Crippen molar-refractivity contribution in [3.05, 3.63) is 84.2 Å². The molecule has 3 N–H and O–H groups in total. The van der Waals surface area contributed by atoms with Gasteiger partial charge in [-0.2, -0.15) is 5.10 Å². The number of nitrogens with one attached hydrogen (secondary N) is 1. The highest BCUT2D eigenvalue weighted by atomic mass is 19.1. The van der Waals surface area contributed by atoms with E-state index in [1.165, 1.54) is 12.3 Å². The molecule has 1 aromatic carbocycles. The Morgan fingerprint density at radius 3 is 2.64 bits per heavy atom. The lowest BCUT2D eigenvalue weighted by Gasteiger charge is -2.19. The molecular formula is C21H18FN5O. The Morgan fingerprint density at radius 1 is 1.18 bits per heavy atom. The van der Waals surface area contributed by atoms with Crippen LogP contribution in [0.3, 0.4) is 0 Å². The molecule has 0 aliphatic carbocycles. The first kappa shape index (κ1) is 17.7. The van der Waals surface area contributed by atoms with Crippen molar-refractivity contribution in [2.24, 2.45) is 5.73 Å². The third-order valence-corrected chi connectivity index (χ3v) is 4.65. The first-order valence-electron chi connectivity index (χ1n) is 8.77. The van der Waals surface area contributed by atoms with Gasteiger partial charge < -0.3 is 11.1 Å². The van der Waals surface area contributed by atoms with Crippen LogP contribution in [0.2, 0.25) is 0 Å². The molecule has 140 valence electrons. The van der Waals surface area contributed by atoms with Crippen molar-refractivity contribution in [3.8, 4) is 11.1 Å². The zero-order valence-electron chi connectivity index (χ0n) is 15.1. The number of nitrogens with two attached hydrogens (primary N) is 1. The minimum absolute atomic E-state index is 0.245. The number of amides is 1. The largest absolute Gasteiger partial charge is 0.376 e. The molecule has 28 heavy (non-hydrogen) atoms. The van der Waals surface area contributed by atoms with E-state index in [1.807, 2.05) is 31.3 Å². The molecule has 3 aromatic heterocycles. The van der Waals surface area contributed by atoms with Crippen molar-refractivity contribution in [2.45, 2.75) is 13.0 Å². The Hall–Kier alpha value is -3.74. The molecule has 4 rings (SSSR count). The number of primary amides is 1. The maximum absolute atomic E-state index is 14.2. The summed E-state index contributed by atoms with van der Waals surface area (Å²) < 4.78 is 15.9. The number of benzene rings is 1. The van der Waals surface area contributed by atoms with E-state index in [0.717, 1.165) is 11.1 Å². The van der Waals surface area contributed by atoms with Crippen LogP contribution in [-0.4, -0.2) is 20.5 Å². The van der Waals surface area contributed by atoms with Crippen molar-refractivity contribution in [3.63, 3.8) is 0 Å². The summed E-state index contributed by atoms with van der Waals surface area (Å²) in [4.78, 5) is 16.0. The second-order valence-electron chi connectivity index (χ2n) is 6.48. The van der Waals surface area contributed by atoms with Gasteiger partial charge in [-0.05, 0) is 36.8 Å². The van der Waals surface area contributed by atoms with Crippen LogP contribution in [0, 0.1) is 5.82 Å². The van der Waals surface area contributed by atoms with Crippen molar-refractivity contribution in [1.29, 1.82) is 0 Å². The molecule has 0 aliphatic heterocycles. The van der Waals surface area contributed by atoms with Crippen LogP contribution < -0.4 is 11.1 Å². The quantitative estimate of drug-likeness (QED) is 0.555. The monoisotopic (exact) mass is 375 g/mol. The summed E-state index contributed by atoms with van der Waals surface area (Å²) in [6.07, 6.45) is 6.69. The lowest BCUT2D eigenvalue weighted by molar-refractivity contribution is 0.100. The van der Waals surface area contributed by atoms with Gasteiger partial charge in [0.1, 0.15) is 5.82 Å². The molecule has 1 unspecified atom stereocenters. The van der Waals surface area contributed by atoms with Crippen LogP contribution in [0.1, 0.15) is 28.9 Å². The van der Waals surface area contributed by atoms with Gasteiger partial charge in [0.05, 0.1) is 29.0 Å². The Labute approximate surface area is 160 Å². The summed E-state index contributed by atoms with van der Waals surface area (Å²) in [5, 5.41) is 7.54. The number of aromatic nitrogens is 3. The highest BCUT2D eigenvalue weighted by Gasteiger charge is 2.19. The number of pyridine rings is 1. The summed E-state index contributed by atoms with van der Waals surface area (Å²) >= 11 is 0. The standard InChI is InChI=1S/C21H18FN5O/c1-13(16-4-2-3-5-18(16)22)26-20-17(21(23)28)11-25-27-12-15(10-19(20)27)14-6-8-24-9-7-14/h2-13,26H,1H3,(H2,23,28). The summed E-state index contributed by atoms with van der Waals surface area (Å²) in [5.74, 6) is -0.925. The molecule has 3 heterocycles. The molecule has 0 aliphatic rings. The van der Waals surface area contributed by atoms with Crippen LogP contribution in [0.4, 0.5) is 10.1 Å². The predicted molar refractivity (Wildman–Crippen MR) is 105 cm³/mol. The third-order valence-electron chi connectivity index (χ3n) is 4.65. The highest BCUT2D eigenvalue weighted by Crippen LogP contribution is 2.31. The van der Waals surface area contributed by atoms with E-state index in [2.05, 4.69) is 15.4 Å². The Morgan fingerprint density at radius 2 is 1.93 bits per heavy atom. The van der Waals surface area contributed by atoms with Gasteiger partial charge in [-0.15, -0.1) is 0 Å². The molecule has 0 radical (unpaired) electrons. The molecule has 0 fully saturated rings. The Balaban J connectivity index is 1.83. The van der Waals surface area contributed by atoms with E-state index in [1.54, 1.807) is 35.1 Å². The molecule has 0 saturated heterocycles. The van der Waals surface area contributed by atoms with Crippen LogP contribution >= 0.6 is 0 Å². The van der Waals surface area contributed by atoms with Gasteiger partial charge in [-0.3, -0.25) is 9.78 Å². The van der Waals surface area contributed by atoms with Gasteiger partial charge in [0.15, 0.2) is 0 Å². The lowest BCUT2D eigenvalue weighted by Crippen LogP contribution is -2.18. The second-order valence-corrected chi connectivity index (χ2v) is 6.48. The van der Waals surface area contributed by atoms with E-state index in [9.17, 15) is 9.18 Å². The number of rotatable bonds is 5. The summed E-state index contributed by atoms with van der Waals surface area (Å²) in [6.45, 7) is 1.83. The zero-order valence-corrected chi connectivity index (χ0v) is 15.1. The van der Waals surface area contributed by atoms with Gasteiger partial charge in [-0.25, -0.2) is 8.91 Å². The number of hydrogen-bond donors (Lipinski definition) is 2. The molecule has 7 heteroatoms. The normalized spacial score (nSPS) is 12.1. The van der Waals surface area contributed by atoms with E-state index in [-0.39, 0.29) is 17.4 Å². The van der Waals surface area contributed by atoms with Crippen LogP contribution in [0.15, 0.2) is 67.3 Å². The van der Waals surface area contributed by atoms with Gasteiger partial charge >= 0.3 is 0 Å². The number of hydrogen-bond acceptors (Lipinski definition) is 4. The van der Waals surface area contributed by atoms with Crippen LogP contribution in [0.25, 0.3) is 16.6 Å². The fraction of sp³-hybridized carbons (Fsp3) is 0.0952. The molecule has 4 aromatic rings. The first-order chi connectivity index (χ1) is 13.5. The topological polar surface area (TPSA) is 85.3 Å². The minimum atomic E-state index is -0.607. The Bertz CT molecular complexity index is 1160. The van der Waals surface area contributed by atoms with E-state index < -0.39 is 5.91 Å². The fourth-order valence-electron chi connectivity index (χ4n) is 3.22. The maximum Gasteiger partial charge on any atom is 0.252 e. The SMILES string of the molecule is CC(Nc1c(C(N)=O)cnn2cc(-c3ccncc3)cc12)c1ccccc1F. The second kappa shape index (κ2) is 7.11. The number of anilines is 1. The average molecular weight is 375 g/mol. The first-order valence-corrected chi connectivity index (χ1v) is 8.77. The van der Waals surface area contributed by atoms with Crippen LogP contribution in [0.5, 0.6) is 0 Å². The summed E-state index contributed by atoms with van der Waals surface area (Å²) in [7, 11) is 0. The molecule has 1 amide bonds. The van der Waals surface area contributed by atoms with E-state index in [4.69, 9.17) is 5.73 Å². The number of nitrogens with zero attached hydrogens (tertiary/aromatic N) is 3. The number of halogens is 1. The molecule has 6 nitrogen and oxygen atoms in total. The molecule has 1 atom stereocenters. The maximum atomic E-state index is 14.2. The Kier molecular flexibility index (Phi) is 4.49. The van der Waals surface area contributed by atoms with Crippen molar-refractivity contribution >= 4 is 17.1 Å². The molecular weight excluding hydrogens is 357 g/mol. The van der Waals surface area contributed by atoms with Gasteiger partial charge in [0.25, 0.3) is 5.91 Å². The number of carbonyl (C=O) groups is 1. The van der Waals surface area contributed by atoms with Crippen LogP contribution in [-0.2, 0) is 0 Å². The smallest absolute Gasteiger partial charge is 0.252 e. The number of carbonyl (C=O) groups excluding carboxylic acids is 1. The number of fused-ring (bicyclic) bond motifs is 1. The minimum Gasteiger partial charge on any atom is -0.376 e. The molecule has 0 spiro atoms. The predicted octanol–water partition coefficient (Wildman–Crippen LogP) is 3.81. The molecule has 0 saturated carbocycles. The summed E-state index contributed by atoms with van der Waals surface area (Å²) in [5.41, 5.74) is 9.36. The van der Waals surface area contributed by atoms with Gasteiger partial charge in [-0.1, -0.05) is 18.2 Å². The van der Waals surface area contributed by atoms with Gasteiger partial charge in [0, 0.05) is 29.7 Å². The van der Waals surface area contributed by atoms with E-state index >= 15 is 0 Å². The zero-order chi connectivity index (χ0) is 19.7. The fourth-order valence-corrected chi connectivity index (χ4v) is 3.22. The third kappa shape index (κ3) is 3.18. The van der Waals surface area contributed by atoms with Gasteiger partial charge in [0.2, 0.25) is 0 Å². The molecule has 0 bridgehead atoms. The summed E-state index contributed by atoms with van der Waals surface area (Å²) in [6, 6.07) is 11.8. The average Bonchev–Trinajstić information content (AvgIpc) is 3.14. The highest BCUT2D eigenvalue weighted by molar-refractivity contribution is 6.02.